The van der Waals surface area contributed by atoms with Gasteiger partial charge in [-0.15, -0.1) is 11.6 Å². The quantitative estimate of drug-likeness (QED) is 0.317. The molecule has 0 aromatic carbocycles. The van der Waals surface area contributed by atoms with Gasteiger partial charge in [-0.3, -0.25) is 0 Å². The molecule has 0 amide bonds. The van der Waals surface area contributed by atoms with Crippen molar-refractivity contribution in [1.82, 2.24) is 0 Å². The van der Waals surface area contributed by atoms with Crippen molar-refractivity contribution in [2.24, 2.45) is 0 Å². The summed E-state index contributed by atoms with van der Waals surface area (Å²) in [5.41, 5.74) is 0. The van der Waals surface area contributed by atoms with Crippen molar-refractivity contribution >= 4 is 20.2 Å². The van der Waals surface area contributed by atoms with Gasteiger partial charge in [0.1, 0.15) is 0 Å². The topological polar surface area (TPSA) is 38.7 Å². The molecule has 0 atom stereocenters. The van der Waals surface area contributed by atoms with Crippen molar-refractivity contribution in [3.8, 4) is 0 Å². The summed E-state index contributed by atoms with van der Waals surface area (Å²) >= 11 is 5.38. The molecule has 0 saturated carbocycles. The Bertz CT molecular complexity index is 119. The minimum Gasteiger partial charge on any atom is -0.426 e. The third kappa shape index (κ3) is 17.7. The summed E-state index contributed by atoms with van der Waals surface area (Å²) in [6, 6.07) is 0. The average molecular weight is 241 g/mol. The van der Waals surface area contributed by atoms with Gasteiger partial charge < -0.3 is 13.9 Å². The van der Waals surface area contributed by atoms with Crippen LogP contribution in [-0.4, -0.2) is 10.8 Å². The van der Waals surface area contributed by atoms with Crippen molar-refractivity contribution < 1.29 is 13.9 Å². The lowest BCUT2D eigenvalue weighted by Crippen LogP contribution is -1.73. The summed E-state index contributed by atoms with van der Waals surface area (Å²) in [6.45, 7) is 8.58. The lowest BCUT2D eigenvalue weighted by molar-refractivity contribution is 0.323. The summed E-state index contributed by atoms with van der Waals surface area (Å²) in [7, 11) is -1.82. The molecule has 1 N–H and O–H groups in total. The Hall–Kier alpha value is -0.240. The van der Waals surface area contributed by atoms with E-state index in [2.05, 4.69) is 29.1 Å². The van der Waals surface area contributed by atoms with Crippen LogP contribution in [-0.2, 0) is 9.05 Å². The van der Waals surface area contributed by atoms with E-state index in [4.69, 9.17) is 16.5 Å². The average Bonchev–Trinajstić information content (AvgIpc) is 2.16. The highest BCUT2D eigenvalue weighted by Crippen LogP contribution is 2.32. The maximum absolute atomic E-state index is 8.53. The van der Waals surface area contributed by atoms with Crippen LogP contribution in [0.2, 0.25) is 0 Å². The minimum atomic E-state index is -1.82. The highest BCUT2D eigenvalue weighted by molar-refractivity contribution is 7.40. The first-order valence-corrected chi connectivity index (χ1v) is 5.99. The van der Waals surface area contributed by atoms with E-state index in [0.717, 1.165) is 18.4 Å². The number of hydrogen-bond donors (Lipinski definition) is 1. The molecular formula is C9H18ClO3P. The first-order valence-electron chi connectivity index (χ1n) is 4.33. The fraction of sp³-hybridized carbons (Fsp3) is 0.556. The first kappa shape index (κ1) is 16.2. The Kier molecular flexibility index (Phi) is 17.6. The molecule has 0 radical (unpaired) electrons. The number of alkyl halides is 1. The van der Waals surface area contributed by atoms with Gasteiger partial charge in [0, 0.05) is 5.88 Å². The van der Waals surface area contributed by atoms with Crippen LogP contribution in [0.4, 0.5) is 0 Å². The third-order valence-corrected chi connectivity index (χ3v) is 1.99. The Morgan fingerprint density at radius 1 is 1.29 bits per heavy atom. The van der Waals surface area contributed by atoms with E-state index in [1.165, 1.54) is 19.3 Å². The van der Waals surface area contributed by atoms with Crippen molar-refractivity contribution in [1.29, 1.82) is 0 Å². The van der Waals surface area contributed by atoms with E-state index in [-0.39, 0.29) is 0 Å². The summed E-state index contributed by atoms with van der Waals surface area (Å²) in [5.74, 6) is 0.827. The Morgan fingerprint density at radius 2 is 1.79 bits per heavy atom. The highest BCUT2D eigenvalue weighted by Gasteiger charge is 2.00. The number of rotatable bonds is 7. The van der Waals surface area contributed by atoms with Gasteiger partial charge in [-0.05, 0) is 6.42 Å². The summed E-state index contributed by atoms with van der Waals surface area (Å²) in [6.07, 6.45) is 5.94. The molecule has 84 valence electrons. The molecule has 0 heterocycles. The van der Waals surface area contributed by atoms with Crippen LogP contribution in [0.15, 0.2) is 25.7 Å². The smallest absolute Gasteiger partial charge is 0.426 e. The molecule has 0 aliphatic heterocycles. The monoisotopic (exact) mass is 240 g/mol. The molecule has 0 bridgehead atoms. The lowest BCUT2D eigenvalue weighted by atomic mass is 10.3. The lowest BCUT2D eigenvalue weighted by Gasteiger charge is -2.02. The van der Waals surface area contributed by atoms with Crippen LogP contribution in [0, 0.1) is 0 Å². The van der Waals surface area contributed by atoms with Gasteiger partial charge in [0.25, 0.3) is 0 Å². The predicted octanol–water partition coefficient (Wildman–Crippen LogP) is 3.94. The van der Waals surface area contributed by atoms with Gasteiger partial charge in [-0.25, -0.2) is 0 Å². The highest BCUT2D eigenvalue weighted by atomic mass is 35.5. The predicted molar refractivity (Wildman–Crippen MR) is 61.9 cm³/mol. The van der Waals surface area contributed by atoms with Crippen LogP contribution < -0.4 is 0 Å². The molecule has 0 saturated heterocycles. The van der Waals surface area contributed by atoms with Gasteiger partial charge in [0.2, 0.25) is 0 Å². The molecule has 14 heavy (non-hydrogen) atoms. The Morgan fingerprint density at radius 3 is 2.00 bits per heavy atom. The SMILES string of the molecule is C=COP(O)OC=C.CCCCCCl. The van der Waals surface area contributed by atoms with Gasteiger partial charge in [0.15, 0.2) is 0 Å². The first-order chi connectivity index (χ1) is 6.72. The molecular weight excluding hydrogens is 223 g/mol. The van der Waals surface area contributed by atoms with E-state index >= 15 is 0 Å². The second-order valence-corrected chi connectivity index (χ2v) is 3.45. The van der Waals surface area contributed by atoms with E-state index in [0.29, 0.717) is 0 Å². The largest absolute Gasteiger partial charge is 0.458 e. The van der Waals surface area contributed by atoms with Crippen LogP contribution >= 0.6 is 20.2 Å². The minimum absolute atomic E-state index is 0.827. The zero-order valence-corrected chi connectivity index (χ0v) is 10.1. The summed E-state index contributed by atoms with van der Waals surface area (Å²) in [4.78, 5) is 8.53. The zero-order chi connectivity index (χ0) is 11.2. The van der Waals surface area contributed by atoms with Crippen LogP contribution in [0.25, 0.3) is 0 Å². The normalized spacial score (nSPS) is 8.57. The summed E-state index contributed by atoms with van der Waals surface area (Å²) < 4.78 is 8.75. The van der Waals surface area contributed by atoms with Crippen molar-refractivity contribution in [2.45, 2.75) is 26.2 Å². The summed E-state index contributed by atoms with van der Waals surface area (Å²) in [5, 5.41) is 0. The number of halogens is 1. The van der Waals surface area contributed by atoms with Gasteiger partial charge in [-0.2, -0.15) is 0 Å². The van der Waals surface area contributed by atoms with E-state index in [1.54, 1.807) is 0 Å². The molecule has 0 fully saturated rings. The molecule has 0 aromatic heterocycles. The maximum Gasteiger partial charge on any atom is 0.458 e. The van der Waals surface area contributed by atoms with E-state index in [9.17, 15) is 0 Å². The van der Waals surface area contributed by atoms with E-state index in [1.807, 2.05) is 0 Å². The van der Waals surface area contributed by atoms with Crippen molar-refractivity contribution in [3.05, 3.63) is 25.7 Å². The third-order valence-electron chi connectivity index (χ3n) is 1.07. The van der Waals surface area contributed by atoms with Crippen molar-refractivity contribution in [2.75, 3.05) is 5.88 Å². The molecule has 3 nitrogen and oxygen atoms in total. The maximum atomic E-state index is 8.53. The van der Waals surface area contributed by atoms with Crippen LogP contribution in [0.1, 0.15) is 26.2 Å². The molecule has 0 spiro atoms. The van der Waals surface area contributed by atoms with Crippen LogP contribution in [0.5, 0.6) is 0 Å². The van der Waals surface area contributed by atoms with Crippen molar-refractivity contribution in [3.63, 3.8) is 0 Å². The fourth-order valence-electron chi connectivity index (χ4n) is 0.497. The van der Waals surface area contributed by atoms with Gasteiger partial charge in [0.05, 0.1) is 12.5 Å². The number of hydrogen-bond acceptors (Lipinski definition) is 3. The molecule has 0 aliphatic carbocycles. The molecule has 5 heteroatoms. The molecule has 0 aliphatic rings. The second-order valence-electron chi connectivity index (χ2n) is 2.18. The molecule has 0 unspecified atom stereocenters. The van der Waals surface area contributed by atoms with E-state index < -0.39 is 8.60 Å². The standard InChI is InChI=1S/C5H11Cl.C4H7O3P/c1-2-3-4-5-6;1-3-6-8(5)7-4-2/h2-5H2,1H3;3-5H,1-2H2. The Labute approximate surface area is 92.4 Å². The molecule has 0 aromatic rings. The second kappa shape index (κ2) is 15.2. The Balaban J connectivity index is 0. The zero-order valence-electron chi connectivity index (χ0n) is 8.49. The number of unbranched alkanes of at least 4 members (excludes halogenated alkanes) is 2. The van der Waals surface area contributed by atoms with Gasteiger partial charge >= 0.3 is 8.60 Å². The fourth-order valence-corrected chi connectivity index (χ4v) is 0.991. The van der Waals surface area contributed by atoms with Crippen LogP contribution in [0.3, 0.4) is 0 Å². The van der Waals surface area contributed by atoms with Gasteiger partial charge in [-0.1, -0.05) is 32.9 Å². The molecule has 0 rings (SSSR count).